The quantitative estimate of drug-likeness (QED) is 0.555. The maximum absolute atomic E-state index is 12.7. The Labute approximate surface area is 205 Å². The van der Waals surface area contributed by atoms with Crippen molar-refractivity contribution in [3.05, 3.63) is 59.3 Å². The molecule has 0 radical (unpaired) electrons. The van der Waals surface area contributed by atoms with Crippen molar-refractivity contribution in [2.75, 3.05) is 19.6 Å². The van der Waals surface area contributed by atoms with Crippen molar-refractivity contribution in [3.63, 3.8) is 0 Å². The van der Waals surface area contributed by atoms with Gasteiger partial charge in [-0.2, -0.15) is 0 Å². The number of nitrogens with one attached hydrogen (secondary N) is 2. The highest BCUT2D eigenvalue weighted by Crippen LogP contribution is 2.20. The molecule has 2 aliphatic rings. The molecule has 9 nitrogen and oxygen atoms in total. The van der Waals surface area contributed by atoms with Gasteiger partial charge in [0.25, 0.3) is 5.91 Å². The first kappa shape index (κ1) is 24.9. The molecule has 2 atom stereocenters. The van der Waals surface area contributed by atoms with E-state index in [0.29, 0.717) is 50.3 Å². The Balaban J connectivity index is 1.24. The Morgan fingerprint density at radius 2 is 1.94 bits per heavy atom. The fourth-order valence-corrected chi connectivity index (χ4v) is 4.41. The summed E-state index contributed by atoms with van der Waals surface area (Å²) in [7, 11) is 0. The third kappa shape index (κ3) is 6.70. The predicted octanol–water partition coefficient (Wildman–Crippen LogP) is 2.27. The van der Waals surface area contributed by atoms with Crippen LogP contribution in [0.4, 0.5) is 4.79 Å². The molecule has 2 amide bonds. The highest BCUT2D eigenvalue weighted by atomic mass is 16.6. The number of carbonyl (C=O) groups excluding carboxylic acids is 2. The molecule has 2 aliphatic heterocycles. The van der Waals surface area contributed by atoms with Crippen molar-refractivity contribution in [1.29, 1.82) is 0 Å². The number of benzene rings is 1. The Morgan fingerprint density at radius 1 is 1.20 bits per heavy atom. The Bertz CT molecular complexity index is 1020. The fourth-order valence-electron chi connectivity index (χ4n) is 4.41. The lowest BCUT2D eigenvalue weighted by Gasteiger charge is -2.31. The van der Waals surface area contributed by atoms with Gasteiger partial charge in [-0.15, -0.1) is 0 Å². The van der Waals surface area contributed by atoms with Gasteiger partial charge in [-0.1, -0.05) is 24.3 Å². The molecular formula is C26H34N4O5. The highest BCUT2D eigenvalue weighted by Gasteiger charge is 2.27. The molecule has 0 bridgehead atoms. The number of hydrogen-bond acceptors (Lipinski definition) is 7. The van der Waals surface area contributed by atoms with Gasteiger partial charge in [0.05, 0.1) is 12.2 Å². The van der Waals surface area contributed by atoms with Crippen LogP contribution in [0.15, 0.2) is 42.6 Å². The summed E-state index contributed by atoms with van der Waals surface area (Å²) in [5, 5.41) is 16.8. The van der Waals surface area contributed by atoms with Crippen LogP contribution in [0, 0.1) is 0 Å². The molecule has 35 heavy (non-hydrogen) atoms. The topological polar surface area (TPSA) is 113 Å². The van der Waals surface area contributed by atoms with E-state index in [1.165, 1.54) is 17.3 Å². The summed E-state index contributed by atoms with van der Waals surface area (Å²) in [6.07, 6.45) is 2.33. The number of carbonyl (C=O) groups is 2. The van der Waals surface area contributed by atoms with Crippen LogP contribution in [-0.2, 0) is 17.7 Å². The molecule has 1 saturated heterocycles. The van der Waals surface area contributed by atoms with Crippen LogP contribution in [0.25, 0.3) is 0 Å². The molecule has 0 aliphatic carbocycles. The second-order valence-electron chi connectivity index (χ2n) is 9.36. The van der Waals surface area contributed by atoms with E-state index in [2.05, 4.69) is 27.8 Å². The van der Waals surface area contributed by atoms with Crippen LogP contribution in [-0.4, -0.2) is 71.0 Å². The molecule has 9 heteroatoms. The number of hydrogen-bond donors (Lipinski definition) is 3. The van der Waals surface area contributed by atoms with E-state index in [-0.39, 0.29) is 36.8 Å². The number of nitrogens with zero attached hydrogens (tertiary/aromatic N) is 2. The number of likely N-dealkylation sites (tertiary alicyclic amines) is 1. The number of piperidine rings is 1. The molecule has 1 fully saturated rings. The summed E-state index contributed by atoms with van der Waals surface area (Å²) in [6, 6.07) is 11.3. The van der Waals surface area contributed by atoms with E-state index in [4.69, 9.17) is 9.47 Å². The van der Waals surface area contributed by atoms with E-state index < -0.39 is 6.10 Å². The summed E-state index contributed by atoms with van der Waals surface area (Å²) in [6.45, 7) is 5.60. The van der Waals surface area contributed by atoms with Crippen molar-refractivity contribution in [3.8, 4) is 5.88 Å². The van der Waals surface area contributed by atoms with Crippen molar-refractivity contribution < 1.29 is 24.2 Å². The first-order chi connectivity index (χ1) is 16.9. The molecule has 4 rings (SSSR count). The average molecular weight is 483 g/mol. The van der Waals surface area contributed by atoms with Gasteiger partial charge in [0.1, 0.15) is 6.10 Å². The smallest absolute Gasteiger partial charge is 0.410 e. The number of aliphatic hydroxyl groups is 1. The third-order valence-electron chi connectivity index (χ3n) is 6.37. The van der Waals surface area contributed by atoms with Crippen LogP contribution in [0.5, 0.6) is 5.88 Å². The number of fused-ring (bicyclic) bond motifs is 1. The first-order valence-corrected chi connectivity index (χ1v) is 12.2. The maximum Gasteiger partial charge on any atom is 0.410 e. The standard InChI is InChI=1S/C26H34N4O5/c1-17(2)34-26(33)30-11-8-21(9-12-30)35-24-14-19(7-10-27-24)25(32)29-16-23(31)22-13-18-5-3-4-6-20(18)15-28-22/h3-7,10,14,17,21-23,28,31H,8-9,11-13,15-16H2,1-2H3,(H,29,32)/t22-,23?/m0/s1. The van der Waals surface area contributed by atoms with Crippen molar-refractivity contribution >= 4 is 12.0 Å². The summed E-state index contributed by atoms with van der Waals surface area (Å²) >= 11 is 0. The summed E-state index contributed by atoms with van der Waals surface area (Å²) < 4.78 is 11.2. The molecule has 1 aromatic heterocycles. The van der Waals surface area contributed by atoms with Crippen molar-refractivity contribution in [2.45, 2.75) is 64.0 Å². The number of aromatic nitrogens is 1. The van der Waals surface area contributed by atoms with Gasteiger partial charge >= 0.3 is 6.09 Å². The normalized spacial score (nSPS) is 19.1. The molecule has 3 N–H and O–H groups in total. The Kier molecular flexibility index (Phi) is 8.20. The van der Waals surface area contributed by atoms with E-state index in [0.717, 1.165) is 0 Å². The van der Waals surface area contributed by atoms with Gasteiger partial charge in [0.2, 0.25) is 5.88 Å². The fraction of sp³-hybridized carbons (Fsp3) is 0.500. The van der Waals surface area contributed by atoms with E-state index in [9.17, 15) is 14.7 Å². The number of ether oxygens (including phenoxy) is 2. The van der Waals surface area contributed by atoms with Gasteiger partial charge in [-0.25, -0.2) is 9.78 Å². The van der Waals surface area contributed by atoms with Gasteiger partial charge in [0.15, 0.2) is 0 Å². The second kappa shape index (κ2) is 11.5. The molecule has 0 saturated carbocycles. The summed E-state index contributed by atoms with van der Waals surface area (Å²) in [5.41, 5.74) is 2.88. The number of amides is 2. The van der Waals surface area contributed by atoms with Crippen LogP contribution < -0.4 is 15.4 Å². The lowest BCUT2D eigenvalue weighted by Crippen LogP contribution is -2.49. The SMILES string of the molecule is CC(C)OC(=O)N1CCC(Oc2cc(C(=O)NCC(O)[C@@H]3Cc4ccccc4CN3)ccn2)CC1. The second-order valence-corrected chi connectivity index (χ2v) is 9.36. The van der Waals surface area contributed by atoms with Gasteiger partial charge in [-0.3, -0.25) is 4.79 Å². The number of rotatable bonds is 7. The molecule has 2 aromatic rings. The van der Waals surface area contributed by atoms with Gasteiger partial charge in [0, 0.05) is 62.9 Å². The highest BCUT2D eigenvalue weighted by molar-refractivity contribution is 5.94. The Hall–Kier alpha value is -3.17. The maximum atomic E-state index is 12.7. The zero-order valence-corrected chi connectivity index (χ0v) is 20.3. The van der Waals surface area contributed by atoms with E-state index >= 15 is 0 Å². The van der Waals surface area contributed by atoms with Crippen LogP contribution in [0.3, 0.4) is 0 Å². The molecule has 1 unspecified atom stereocenters. The van der Waals surface area contributed by atoms with E-state index in [1.807, 2.05) is 26.0 Å². The largest absolute Gasteiger partial charge is 0.474 e. The molecule has 3 heterocycles. The Morgan fingerprint density at radius 3 is 2.69 bits per heavy atom. The minimum absolute atomic E-state index is 0.0917. The molecular weight excluding hydrogens is 448 g/mol. The average Bonchev–Trinajstić information content (AvgIpc) is 2.87. The van der Waals surface area contributed by atoms with Crippen LogP contribution in [0.1, 0.15) is 48.2 Å². The predicted molar refractivity (Wildman–Crippen MR) is 130 cm³/mol. The molecule has 1 aromatic carbocycles. The zero-order chi connectivity index (χ0) is 24.8. The first-order valence-electron chi connectivity index (χ1n) is 12.2. The van der Waals surface area contributed by atoms with Crippen LogP contribution >= 0.6 is 0 Å². The monoisotopic (exact) mass is 482 g/mol. The lowest BCUT2D eigenvalue weighted by atomic mass is 9.93. The minimum Gasteiger partial charge on any atom is -0.474 e. The zero-order valence-electron chi connectivity index (χ0n) is 20.3. The van der Waals surface area contributed by atoms with Crippen molar-refractivity contribution in [2.24, 2.45) is 0 Å². The third-order valence-corrected chi connectivity index (χ3v) is 6.37. The summed E-state index contributed by atoms with van der Waals surface area (Å²) in [4.78, 5) is 30.7. The van der Waals surface area contributed by atoms with Gasteiger partial charge < -0.3 is 30.1 Å². The van der Waals surface area contributed by atoms with Gasteiger partial charge in [-0.05, 0) is 37.5 Å². The summed E-state index contributed by atoms with van der Waals surface area (Å²) in [5.74, 6) is 0.0747. The van der Waals surface area contributed by atoms with Crippen molar-refractivity contribution in [1.82, 2.24) is 20.5 Å². The molecule has 188 valence electrons. The molecule has 0 spiro atoms. The van der Waals surface area contributed by atoms with E-state index in [1.54, 1.807) is 17.0 Å². The minimum atomic E-state index is -0.711. The number of pyridine rings is 1. The lowest BCUT2D eigenvalue weighted by molar-refractivity contribution is 0.0506. The van der Waals surface area contributed by atoms with Crippen LogP contribution in [0.2, 0.25) is 0 Å². The number of aliphatic hydroxyl groups excluding tert-OH is 1.